The molecule has 1 aromatic carbocycles. The van der Waals surface area contributed by atoms with E-state index in [1.165, 1.54) is 12.1 Å². The van der Waals surface area contributed by atoms with Gasteiger partial charge in [0.25, 0.3) is 0 Å². The van der Waals surface area contributed by atoms with E-state index in [-0.39, 0.29) is 5.82 Å². The van der Waals surface area contributed by atoms with E-state index in [0.717, 1.165) is 48.3 Å². The second kappa shape index (κ2) is 5.51. The third kappa shape index (κ3) is 2.33. The van der Waals surface area contributed by atoms with Crippen molar-refractivity contribution in [1.82, 2.24) is 25.1 Å². The molecule has 1 saturated heterocycles. The summed E-state index contributed by atoms with van der Waals surface area (Å²) in [4.78, 5) is 18.1. The summed E-state index contributed by atoms with van der Waals surface area (Å²) in [5, 5.41) is 5.10. The molecule has 0 saturated carbocycles. The lowest BCUT2D eigenvalue weighted by molar-refractivity contribution is 0.416. The van der Waals surface area contributed by atoms with Crippen LogP contribution in [0.25, 0.3) is 22.1 Å². The van der Waals surface area contributed by atoms with Gasteiger partial charge in [0.05, 0.1) is 12.0 Å². The van der Waals surface area contributed by atoms with Gasteiger partial charge in [0.1, 0.15) is 17.7 Å². The summed E-state index contributed by atoms with van der Waals surface area (Å²) in [5.41, 5.74) is 2.97. The molecule has 0 aliphatic carbocycles. The molecular weight excluding hydrogens is 323 g/mol. The average Bonchev–Trinajstić information content (AvgIpc) is 3.28. The molecule has 4 aromatic rings. The zero-order valence-electron chi connectivity index (χ0n) is 13.3. The Labute approximate surface area is 141 Å². The minimum absolute atomic E-state index is 0.294. The molecule has 7 nitrogen and oxygen atoms in total. The van der Waals surface area contributed by atoms with Gasteiger partial charge in [-0.05, 0) is 25.0 Å². The summed E-state index contributed by atoms with van der Waals surface area (Å²) in [5.74, 6) is 0.868. The maximum absolute atomic E-state index is 13.3. The highest BCUT2D eigenvalue weighted by Gasteiger charge is 2.26. The molecule has 1 N–H and O–H groups in total. The van der Waals surface area contributed by atoms with Crippen molar-refractivity contribution in [3.63, 3.8) is 0 Å². The molecule has 0 spiro atoms. The molecular formula is C17H15FN6O. The number of halogens is 1. The molecule has 0 amide bonds. The Morgan fingerprint density at radius 3 is 2.92 bits per heavy atom. The first-order chi connectivity index (χ1) is 12.3. The van der Waals surface area contributed by atoms with Gasteiger partial charge in [-0.15, -0.1) is 0 Å². The Kier molecular flexibility index (Phi) is 3.16. The van der Waals surface area contributed by atoms with Gasteiger partial charge < -0.3 is 14.4 Å². The van der Waals surface area contributed by atoms with Crippen LogP contribution in [-0.2, 0) is 0 Å². The van der Waals surface area contributed by atoms with Crippen LogP contribution in [0.5, 0.6) is 0 Å². The second-order valence-corrected chi connectivity index (χ2v) is 6.27. The lowest BCUT2D eigenvalue weighted by Gasteiger charge is -2.32. The van der Waals surface area contributed by atoms with Crippen LogP contribution in [-0.4, -0.2) is 38.2 Å². The molecule has 126 valence electrons. The van der Waals surface area contributed by atoms with Crippen molar-refractivity contribution in [2.24, 2.45) is 0 Å². The molecule has 4 heterocycles. The number of piperidine rings is 1. The van der Waals surface area contributed by atoms with E-state index in [0.29, 0.717) is 17.1 Å². The summed E-state index contributed by atoms with van der Waals surface area (Å²) in [6.45, 7) is 1.71. The number of imidazole rings is 1. The number of benzene rings is 1. The number of anilines is 1. The zero-order valence-corrected chi connectivity index (χ0v) is 13.3. The molecule has 3 aromatic heterocycles. The fourth-order valence-corrected chi connectivity index (χ4v) is 3.58. The van der Waals surface area contributed by atoms with E-state index in [2.05, 4.69) is 30.0 Å². The summed E-state index contributed by atoms with van der Waals surface area (Å²) in [7, 11) is 0. The number of hydrogen-bond donors (Lipinski definition) is 1. The van der Waals surface area contributed by atoms with E-state index in [1.54, 1.807) is 18.7 Å². The molecule has 8 heteroatoms. The number of rotatable bonds is 2. The monoisotopic (exact) mass is 338 g/mol. The first kappa shape index (κ1) is 14.3. The lowest BCUT2D eigenvalue weighted by Crippen LogP contribution is -2.33. The van der Waals surface area contributed by atoms with Crippen molar-refractivity contribution in [2.45, 2.75) is 18.8 Å². The van der Waals surface area contributed by atoms with E-state index in [4.69, 9.17) is 4.52 Å². The van der Waals surface area contributed by atoms with Crippen LogP contribution in [0, 0.1) is 5.82 Å². The van der Waals surface area contributed by atoms with Crippen molar-refractivity contribution >= 4 is 28.0 Å². The fourth-order valence-electron chi connectivity index (χ4n) is 3.58. The van der Waals surface area contributed by atoms with Gasteiger partial charge in [0.2, 0.25) is 0 Å². The minimum atomic E-state index is -0.308. The van der Waals surface area contributed by atoms with Crippen LogP contribution in [0.1, 0.15) is 24.5 Å². The predicted octanol–water partition coefficient (Wildman–Crippen LogP) is 3.02. The number of nitrogens with zero attached hydrogens (tertiary/aromatic N) is 5. The van der Waals surface area contributed by atoms with Crippen LogP contribution in [0.2, 0.25) is 0 Å². The molecule has 0 atom stereocenters. The molecule has 0 bridgehead atoms. The van der Waals surface area contributed by atoms with Crippen molar-refractivity contribution in [2.75, 3.05) is 18.0 Å². The Balaban J connectivity index is 1.40. The van der Waals surface area contributed by atoms with E-state index in [9.17, 15) is 4.39 Å². The maximum atomic E-state index is 13.3. The smallest absolute Gasteiger partial charge is 0.182 e. The second-order valence-electron chi connectivity index (χ2n) is 6.27. The molecule has 5 rings (SSSR count). The van der Waals surface area contributed by atoms with E-state index in [1.807, 2.05) is 0 Å². The largest absolute Gasteiger partial charge is 0.356 e. The summed E-state index contributed by atoms with van der Waals surface area (Å²) in [6, 6.07) is 4.59. The summed E-state index contributed by atoms with van der Waals surface area (Å²) >= 11 is 0. The minimum Gasteiger partial charge on any atom is -0.356 e. The highest BCUT2D eigenvalue weighted by atomic mass is 19.1. The van der Waals surface area contributed by atoms with Crippen LogP contribution >= 0.6 is 0 Å². The standard InChI is InChI=1S/C17H15FN6O/c18-11-1-2-12-13(7-11)25-23-14(12)10-3-5-24(6-4-10)17-15-16(20-8-19-15)21-9-22-17/h1-2,7-10H,3-6H2,(H,19,20,21,22). The van der Waals surface area contributed by atoms with Crippen LogP contribution in [0.3, 0.4) is 0 Å². The average molecular weight is 338 g/mol. The Bertz CT molecular complexity index is 1050. The van der Waals surface area contributed by atoms with Crippen molar-refractivity contribution < 1.29 is 8.91 Å². The van der Waals surface area contributed by atoms with Gasteiger partial charge in [-0.3, -0.25) is 0 Å². The molecule has 1 aliphatic rings. The number of H-pyrrole nitrogens is 1. The van der Waals surface area contributed by atoms with Crippen LogP contribution < -0.4 is 4.90 Å². The zero-order chi connectivity index (χ0) is 16.8. The van der Waals surface area contributed by atoms with Gasteiger partial charge in [-0.1, -0.05) is 5.16 Å². The van der Waals surface area contributed by atoms with Crippen LogP contribution in [0.15, 0.2) is 35.4 Å². The maximum Gasteiger partial charge on any atom is 0.182 e. The molecule has 25 heavy (non-hydrogen) atoms. The topological polar surface area (TPSA) is 83.7 Å². The third-order valence-corrected chi connectivity index (χ3v) is 4.85. The Hall–Kier alpha value is -3.03. The predicted molar refractivity (Wildman–Crippen MR) is 89.8 cm³/mol. The van der Waals surface area contributed by atoms with Gasteiger partial charge in [0, 0.05) is 30.5 Å². The van der Waals surface area contributed by atoms with Crippen molar-refractivity contribution in [3.8, 4) is 0 Å². The number of nitrogens with one attached hydrogen (secondary N) is 1. The number of hydrogen-bond acceptors (Lipinski definition) is 6. The van der Waals surface area contributed by atoms with Crippen LogP contribution in [0.4, 0.5) is 10.2 Å². The summed E-state index contributed by atoms with van der Waals surface area (Å²) < 4.78 is 18.6. The van der Waals surface area contributed by atoms with Crippen molar-refractivity contribution in [1.29, 1.82) is 0 Å². The molecule has 0 radical (unpaired) electrons. The van der Waals surface area contributed by atoms with E-state index >= 15 is 0 Å². The Morgan fingerprint density at radius 1 is 1.16 bits per heavy atom. The van der Waals surface area contributed by atoms with Gasteiger partial charge in [-0.25, -0.2) is 19.3 Å². The quantitative estimate of drug-likeness (QED) is 0.605. The van der Waals surface area contributed by atoms with Gasteiger partial charge in [-0.2, -0.15) is 0 Å². The highest BCUT2D eigenvalue weighted by Crippen LogP contribution is 2.34. The number of fused-ring (bicyclic) bond motifs is 2. The SMILES string of the molecule is Fc1ccc2c(C3CCN(c4ncnc5nc[nH]c45)CC3)noc2c1. The normalized spacial score (nSPS) is 16.1. The molecule has 1 aliphatic heterocycles. The lowest BCUT2D eigenvalue weighted by atomic mass is 9.91. The summed E-state index contributed by atoms with van der Waals surface area (Å²) in [6.07, 6.45) is 5.04. The van der Waals surface area contributed by atoms with Gasteiger partial charge >= 0.3 is 0 Å². The third-order valence-electron chi connectivity index (χ3n) is 4.85. The van der Waals surface area contributed by atoms with Gasteiger partial charge in [0.15, 0.2) is 17.0 Å². The van der Waals surface area contributed by atoms with E-state index < -0.39 is 0 Å². The molecule has 0 unspecified atom stereocenters. The number of aromatic amines is 1. The number of aromatic nitrogens is 5. The first-order valence-electron chi connectivity index (χ1n) is 8.23. The fraction of sp³-hybridized carbons (Fsp3) is 0.294. The molecule has 1 fully saturated rings. The first-order valence-corrected chi connectivity index (χ1v) is 8.23. The highest BCUT2D eigenvalue weighted by molar-refractivity contribution is 5.83. The Morgan fingerprint density at radius 2 is 2.04 bits per heavy atom. The van der Waals surface area contributed by atoms with Crippen molar-refractivity contribution in [3.05, 3.63) is 42.4 Å².